The molecule has 1 amide bonds. The van der Waals surface area contributed by atoms with E-state index in [4.69, 9.17) is 9.57 Å². The molecular weight excluding hydrogens is 413 g/mol. The van der Waals surface area contributed by atoms with E-state index in [1.54, 1.807) is 4.90 Å². The highest BCUT2D eigenvalue weighted by Crippen LogP contribution is 2.18. The number of halogens is 1. The first-order valence-electron chi connectivity index (χ1n) is 10.4. The Morgan fingerprint density at radius 3 is 2.33 bits per heavy atom. The molecule has 0 aromatic heterocycles. The summed E-state index contributed by atoms with van der Waals surface area (Å²) in [5, 5.41) is 4.29. The van der Waals surface area contributed by atoms with E-state index >= 15 is 0 Å². The van der Waals surface area contributed by atoms with Gasteiger partial charge in [-0.1, -0.05) is 5.16 Å². The van der Waals surface area contributed by atoms with Gasteiger partial charge in [-0.2, -0.15) is 0 Å². The molecule has 172 valence electrons. The molecular formula is C20H34FN3O5S. The zero-order valence-electron chi connectivity index (χ0n) is 18.4. The summed E-state index contributed by atoms with van der Waals surface area (Å²) >= 11 is 0. The first kappa shape index (κ1) is 24.6. The van der Waals surface area contributed by atoms with Gasteiger partial charge in [-0.15, -0.1) is 0 Å². The van der Waals surface area contributed by atoms with E-state index in [2.05, 4.69) is 5.16 Å². The Balaban J connectivity index is 1.72. The molecule has 2 saturated heterocycles. The van der Waals surface area contributed by atoms with Crippen LogP contribution < -0.4 is 0 Å². The zero-order chi connectivity index (χ0) is 22.3. The number of rotatable bonds is 7. The van der Waals surface area contributed by atoms with E-state index in [1.807, 2.05) is 18.7 Å². The zero-order valence-corrected chi connectivity index (χ0v) is 19.2. The summed E-state index contributed by atoms with van der Waals surface area (Å²) in [5.41, 5.74) is 1.22. The third-order valence-electron chi connectivity index (χ3n) is 5.11. The fourth-order valence-corrected chi connectivity index (χ4v) is 4.38. The molecule has 0 unspecified atom stereocenters. The minimum absolute atomic E-state index is 0.0161. The fourth-order valence-electron chi connectivity index (χ4n) is 3.43. The van der Waals surface area contributed by atoms with E-state index in [0.717, 1.165) is 12.0 Å². The summed E-state index contributed by atoms with van der Waals surface area (Å²) in [6.07, 6.45) is 3.49. The number of ether oxygens (including phenoxy) is 1. The Bertz CT molecular complexity index is 748. The van der Waals surface area contributed by atoms with E-state index in [9.17, 15) is 17.6 Å². The molecule has 0 atom stereocenters. The van der Waals surface area contributed by atoms with Gasteiger partial charge in [0, 0.05) is 58.1 Å². The highest BCUT2D eigenvalue weighted by molar-refractivity contribution is 7.90. The summed E-state index contributed by atoms with van der Waals surface area (Å²) in [6.45, 7) is 7.80. The van der Waals surface area contributed by atoms with Crippen molar-refractivity contribution in [3.63, 3.8) is 0 Å². The number of piperidine rings is 2. The third kappa shape index (κ3) is 8.59. The molecule has 8 nitrogen and oxygen atoms in total. The van der Waals surface area contributed by atoms with Crippen molar-refractivity contribution in [1.82, 2.24) is 9.80 Å². The van der Waals surface area contributed by atoms with Gasteiger partial charge >= 0.3 is 6.09 Å². The lowest BCUT2D eigenvalue weighted by Gasteiger charge is -2.31. The van der Waals surface area contributed by atoms with E-state index < -0.39 is 9.84 Å². The molecule has 0 spiro atoms. The van der Waals surface area contributed by atoms with Crippen LogP contribution >= 0.6 is 0 Å². The lowest BCUT2D eigenvalue weighted by Crippen LogP contribution is -2.41. The predicted octanol–water partition coefficient (Wildman–Crippen LogP) is 2.75. The minimum atomic E-state index is -3.23. The van der Waals surface area contributed by atoms with Crippen molar-refractivity contribution < 1.29 is 27.2 Å². The second-order valence-corrected chi connectivity index (χ2v) is 10.6. The van der Waals surface area contributed by atoms with Crippen molar-refractivity contribution in [2.75, 3.05) is 44.7 Å². The van der Waals surface area contributed by atoms with Crippen molar-refractivity contribution >= 4 is 21.6 Å². The summed E-state index contributed by atoms with van der Waals surface area (Å²) in [5.74, 6) is -0.624. The molecule has 2 fully saturated rings. The predicted molar refractivity (Wildman–Crippen MR) is 114 cm³/mol. The van der Waals surface area contributed by atoms with Crippen molar-refractivity contribution in [3.8, 4) is 0 Å². The van der Waals surface area contributed by atoms with Crippen molar-refractivity contribution in [2.24, 2.45) is 5.16 Å². The second-order valence-electron chi connectivity index (χ2n) is 8.41. The van der Waals surface area contributed by atoms with Gasteiger partial charge < -0.3 is 14.5 Å². The number of hydrogen-bond donors (Lipinski definition) is 0. The Kier molecular flexibility index (Phi) is 9.09. The van der Waals surface area contributed by atoms with Crippen LogP contribution in [0.2, 0.25) is 0 Å². The van der Waals surface area contributed by atoms with Crippen LogP contribution in [0.3, 0.4) is 0 Å². The summed E-state index contributed by atoms with van der Waals surface area (Å²) in [6, 6.07) is 0. The molecule has 0 N–H and O–H groups in total. The van der Waals surface area contributed by atoms with Gasteiger partial charge in [-0.25, -0.2) is 17.6 Å². The Hall–Kier alpha value is -1.68. The number of nitrogens with zero attached hydrogens (tertiary/aromatic N) is 3. The second kappa shape index (κ2) is 11.1. The van der Waals surface area contributed by atoms with E-state index in [-0.39, 0.29) is 42.0 Å². The molecule has 0 aromatic rings. The van der Waals surface area contributed by atoms with Crippen molar-refractivity contribution in [2.45, 2.75) is 58.7 Å². The molecule has 0 aliphatic carbocycles. The SMILES string of the molecule is CC(CS(C)(=O)=O)=C(F)CN1CCC(=NOC2CCN(C(=O)OC(C)C)CC2)CC1. The smallest absolute Gasteiger partial charge is 0.410 e. The topological polar surface area (TPSA) is 88.5 Å². The maximum Gasteiger partial charge on any atom is 0.410 e. The van der Waals surface area contributed by atoms with Gasteiger partial charge in [-0.3, -0.25) is 4.90 Å². The quantitative estimate of drug-likeness (QED) is 0.558. The number of amides is 1. The maximum atomic E-state index is 14.2. The maximum absolute atomic E-state index is 14.2. The molecule has 0 saturated carbocycles. The van der Waals surface area contributed by atoms with Crippen LogP contribution in [0, 0.1) is 0 Å². The van der Waals surface area contributed by atoms with Crippen LogP contribution in [0.5, 0.6) is 0 Å². The van der Waals surface area contributed by atoms with Gasteiger partial charge in [0.2, 0.25) is 0 Å². The molecule has 2 rings (SSSR count). The number of hydrogen-bond acceptors (Lipinski definition) is 7. The Labute approximate surface area is 179 Å². The van der Waals surface area contributed by atoms with Gasteiger partial charge in [0.05, 0.1) is 24.1 Å². The number of carbonyl (C=O) groups excluding carboxylic acids is 1. The van der Waals surface area contributed by atoms with E-state index in [0.29, 0.717) is 51.9 Å². The van der Waals surface area contributed by atoms with Crippen LogP contribution in [0.15, 0.2) is 16.6 Å². The summed E-state index contributed by atoms with van der Waals surface area (Å²) in [7, 11) is -3.23. The Morgan fingerprint density at radius 1 is 1.20 bits per heavy atom. The van der Waals surface area contributed by atoms with Crippen molar-refractivity contribution in [1.29, 1.82) is 0 Å². The number of sulfone groups is 1. The number of likely N-dealkylation sites (tertiary alicyclic amines) is 2. The molecule has 10 heteroatoms. The lowest BCUT2D eigenvalue weighted by molar-refractivity contribution is 0.00385. The normalized spacial score (nSPS) is 20.2. The van der Waals surface area contributed by atoms with Crippen LogP contribution in [0.25, 0.3) is 0 Å². The molecule has 0 bridgehead atoms. The molecule has 30 heavy (non-hydrogen) atoms. The van der Waals surface area contributed by atoms with E-state index in [1.165, 1.54) is 6.92 Å². The van der Waals surface area contributed by atoms with Crippen LogP contribution in [0.4, 0.5) is 9.18 Å². The average Bonchev–Trinajstić information content (AvgIpc) is 2.66. The highest BCUT2D eigenvalue weighted by Gasteiger charge is 2.26. The largest absolute Gasteiger partial charge is 0.447 e. The molecule has 2 aliphatic rings. The van der Waals surface area contributed by atoms with Crippen LogP contribution in [-0.4, -0.2) is 87.0 Å². The molecule has 2 heterocycles. The van der Waals surface area contributed by atoms with Gasteiger partial charge in [0.1, 0.15) is 11.9 Å². The monoisotopic (exact) mass is 447 g/mol. The number of oxime groups is 1. The summed E-state index contributed by atoms with van der Waals surface area (Å²) < 4.78 is 42.1. The standard InChI is InChI=1S/C20H34FN3O5S/c1-15(2)28-20(25)24-11-7-18(8-12-24)29-22-17-5-9-23(10-6-17)13-19(21)16(3)14-30(4,26)27/h15,18H,5-14H2,1-4H3. The Morgan fingerprint density at radius 2 is 1.80 bits per heavy atom. The minimum Gasteiger partial charge on any atom is -0.447 e. The third-order valence-corrected chi connectivity index (χ3v) is 6.06. The first-order valence-corrected chi connectivity index (χ1v) is 12.5. The molecule has 0 aromatic carbocycles. The van der Waals surface area contributed by atoms with Gasteiger partial charge in [0.25, 0.3) is 0 Å². The highest BCUT2D eigenvalue weighted by atomic mass is 32.2. The van der Waals surface area contributed by atoms with Gasteiger partial charge in [-0.05, 0) is 26.3 Å². The first-order chi connectivity index (χ1) is 14.0. The van der Waals surface area contributed by atoms with Crippen molar-refractivity contribution in [3.05, 3.63) is 11.4 Å². The van der Waals surface area contributed by atoms with Gasteiger partial charge in [0.15, 0.2) is 9.84 Å². The fraction of sp³-hybridized carbons (Fsp3) is 0.800. The summed E-state index contributed by atoms with van der Waals surface area (Å²) in [4.78, 5) is 21.2. The van der Waals surface area contributed by atoms with Crippen LogP contribution in [0.1, 0.15) is 46.5 Å². The average molecular weight is 448 g/mol. The lowest BCUT2D eigenvalue weighted by atomic mass is 10.1. The van der Waals surface area contributed by atoms with Crippen LogP contribution in [-0.2, 0) is 19.4 Å². The molecule has 2 aliphatic heterocycles. The molecule has 0 radical (unpaired) electrons. The number of carbonyl (C=O) groups is 1.